The lowest BCUT2D eigenvalue weighted by molar-refractivity contribution is 0.0650. The highest BCUT2D eigenvalue weighted by atomic mass is 16.4. The molecule has 0 aliphatic rings. The molecule has 4 heteroatoms. The monoisotopic (exact) mass is 334 g/mol. The van der Waals surface area contributed by atoms with Gasteiger partial charge in [0.05, 0.1) is 11.1 Å². The third-order valence-corrected chi connectivity index (χ3v) is 5.04. The molecule has 4 nitrogen and oxygen atoms in total. The van der Waals surface area contributed by atoms with E-state index >= 15 is 0 Å². The van der Waals surface area contributed by atoms with Crippen LogP contribution in [0.1, 0.15) is 85.2 Å². The summed E-state index contributed by atoms with van der Waals surface area (Å²) in [6.07, 6.45) is 5.39. The van der Waals surface area contributed by atoms with Crippen molar-refractivity contribution in [2.75, 3.05) is 0 Å². The van der Waals surface area contributed by atoms with Crippen LogP contribution in [0.25, 0.3) is 0 Å². The first-order valence-electron chi connectivity index (χ1n) is 8.93. The quantitative estimate of drug-likeness (QED) is 0.628. The lowest BCUT2D eigenvalue weighted by atomic mass is 9.87. The highest BCUT2D eigenvalue weighted by molar-refractivity contribution is 6.03. The molecule has 0 radical (unpaired) electrons. The van der Waals surface area contributed by atoms with Crippen molar-refractivity contribution in [1.29, 1.82) is 0 Å². The van der Waals surface area contributed by atoms with Gasteiger partial charge >= 0.3 is 11.9 Å². The Morgan fingerprint density at radius 1 is 0.917 bits per heavy atom. The summed E-state index contributed by atoms with van der Waals surface area (Å²) in [5.41, 5.74) is 1.58. The van der Waals surface area contributed by atoms with Crippen molar-refractivity contribution in [1.82, 2.24) is 0 Å². The number of carboxylic acid groups (broad SMARTS) is 2. The average molecular weight is 334 g/mol. The number of hydrogen-bond acceptors (Lipinski definition) is 2. The summed E-state index contributed by atoms with van der Waals surface area (Å²) in [5.74, 6) is -1.26. The fourth-order valence-corrected chi connectivity index (χ4v) is 2.83. The van der Waals surface area contributed by atoms with Gasteiger partial charge in [-0.2, -0.15) is 0 Å². The molecule has 0 bridgehead atoms. The Hall–Kier alpha value is -1.84. The maximum Gasteiger partial charge on any atom is 0.336 e. The fraction of sp³-hybridized carbons (Fsp3) is 0.600. The standard InChI is InChI=1S/C20H30O4/c1-5-13(3)7-9-15-10-12-17(19(21)22)18(20(23)24)16(15)11-8-14(4)6-2/h10,12-14H,5-9,11H2,1-4H3,(H,21,22)(H,23,24). The second-order valence-electron chi connectivity index (χ2n) is 6.84. The van der Waals surface area contributed by atoms with Crippen LogP contribution < -0.4 is 0 Å². The second-order valence-corrected chi connectivity index (χ2v) is 6.84. The first-order chi connectivity index (χ1) is 11.3. The number of carbonyl (C=O) groups is 2. The van der Waals surface area contributed by atoms with Gasteiger partial charge in [-0.3, -0.25) is 0 Å². The maximum atomic E-state index is 11.7. The van der Waals surface area contributed by atoms with Crippen molar-refractivity contribution in [3.63, 3.8) is 0 Å². The second kappa shape index (κ2) is 9.45. The minimum Gasteiger partial charge on any atom is -0.478 e. The summed E-state index contributed by atoms with van der Waals surface area (Å²) < 4.78 is 0. The summed E-state index contributed by atoms with van der Waals surface area (Å²) >= 11 is 0. The van der Waals surface area contributed by atoms with Crippen molar-refractivity contribution < 1.29 is 19.8 Å². The molecule has 1 rings (SSSR count). The number of hydrogen-bond donors (Lipinski definition) is 2. The van der Waals surface area contributed by atoms with Crippen LogP contribution in [0.3, 0.4) is 0 Å². The number of benzene rings is 1. The molecule has 2 unspecified atom stereocenters. The van der Waals surface area contributed by atoms with Crippen molar-refractivity contribution in [2.24, 2.45) is 11.8 Å². The molecule has 0 aliphatic carbocycles. The van der Waals surface area contributed by atoms with Crippen LogP contribution in [0.4, 0.5) is 0 Å². The van der Waals surface area contributed by atoms with Crippen LogP contribution >= 0.6 is 0 Å². The van der Waals surface area contributed by atoms with Crippen LogP contribution in [0.2, 0.25) is 0 Å². The zero-order valence-electron chi connectivity index (χ0n) is 15.3. The minimum absolute atomic E-state index is 0.0209. The summed E-state index contributed by atoms with van der Waals surface area (Å²) in [5, 5.41) is 18.9. The normalized spacial score (nSPS) is 13.5. The summed E-state index contributed by atoms with van der Waals surface area (Å²) in [6.45, 7) is 8.58. The molecule has 0 amide bonds. The predicted molar refractivity (Wildman–Crippen MR) is 95.9 cm³/mol. The molecule has 0 saturated carbocycles. The van der Waals surface area contributed by atoms with E-state index < -0.39 is 11.9 Å². The molecule has 1 aromatic carbocycles. The van der Waals surface area contributed by atoms with Crippen LogP contribution in [-0.2, 0) is 12.8 Å². The van der Waals surface area contributed by atoms with Gasteiger partial charge in [0.25, 0.3) is 0 Å². The zero-order chi connectivity index (χ0) is 18.3. The minimum atomic E-state index is -1.18. The molecule has 0 fully saturated rings. The zero-order valence-corrected chi connectivity index (χ0v) is 15.3. The third-order valence-electron chi connectivity index (χ3n) is 5.04. The molecule has 0 spiro atoms. The maximum absolute atomic E-state index is 11.7. The highest BCUT2D eigenvalue weighted by Gasteiger charge is 2.23. The molecule has 0 aromatic heterocycles. The van der Waals surface area contributed by atoms with Gasteiger partial charge < -0.3 is 10.2 Å². The van der Waals surface area contributed by atoms with E-state index in [1.54, 1.807) is 0 Å². The first kappa shape index (κ1) is 20.2. The van der Waals surface area contributed by atoms with E-state index in [0.717, 1.165) is 37.7 Å². The molecule has 24 heavy (non-hydrogen) atoms. The average Bonchev–Trinajstić information content (AvgIpc) is 2.56. The number of carboxylic acids is 2. The van der Waals surface area contributed by atoms with E-state index in [1.807, 2.05) is 6.07 Å². The molecule has 0 saturated heterocycles. The fourth-order valence-electron chi connectivity index (χ4n) is 2.83. The largest absolute Gasteiger partial charge is 0.478 e. The summed E-state index contributed by atoms with van der Waals surface area (Å²) in [4.78, 5) is 23.2. The molecule has 0 heterocycles. The molecular formula is C20H30O4. The van der Waals surface area contributed by atoms with Crippen molar-refractivity contribution in [3.8, 4) is 0 Å². The predicted octanol–water partition coefficient (Wildman–Crippen LogP) is 5.04. The lowest BCUT2D eigenvalue weighted by Crippen LogP contribution is -2.15. The van der Waals surface area contributed by atoms with Crippen LogP contribution in [0.15, 0.2) is 12.1 Å². The van der Waals surface area contributed by atoms with Crippen LogP contribution in [-0.4, -0.2) is 22.2 Å². The Balaban J connectivity index is 3.27. The van der Waals surface area contributed by atoms with E-state index in [9.17, 15) is 19.8 Å². The highest BCUT2D eigenvalue weighted by Crippen LogP contribution is 2.26. The Morgan fingerprint density at radius 3 is 1.92 bits per heavy atom. The van der Waals surface area contributed by atoms with Gasteiger partial charge in [0.15, 0.2) is 0 Å². The molecule has 2 N–H and O–H groups in total. The molecular weight excluding hydrogens is 304 g/mol. The summed E-state index contributed by atoms with van der Waals surface area (Å²) in [6, 6.07) is 3.26. The number of aryl methyl sites for hydroxylation is 1. The molecule has 0 aliphatic heterocycles. The van der Waals surface area contributed by atoms with E-state index in [0.29, 0.717) is 23.8 Å². The lowest BCUT2D eigenvalue weighted by Gasteiger charge is -2.18. The molecule has 1 aromatic rings. The van der Waals surface area contributed by atoms with Crippen molar-refractivity contribution >= 4 is 11.9 Å². The molecule has 134 valence electrons. The topological polar surface area (TPSA) is 74.6 Å². The number of aromatic carboxylic acids is 2. The van der Waals surface area contributed by atoms with Crippen molar-refractivity contribution in [3.05, 3.63) is 34.4 Å². The first-order valence-corrected chi connectivity index (χ1v) is 8.93. The smallest absolute Gasteiger partial charge is 0.336 e. The van der Waals surface area contributed by atoms with Gasteiger partial charge in [0, 0.05) is 0 Å². The van der Waals surface area contributed by atoms with Crippen LogP contribution in [0.5, 0.6) is 0 Å². The SMILES string of the molecule is CCC(C)CCc1ccc(C(=O)O)c(C(=O)O)c1CCC(C)CC. The van der Waals surface area contributed by atoms with Gasteiger partial charge in [-0.05, 0) is 54.7 Å². The third kappa shape index (κ3) is 5.36. The van der Waals surface area contributed by atoms with Gasteiger partial charge in [-0.1, -0.05) is 46.6 Å². The van der Waals surface area contributed by atoms with Gasteiger partial charge in [-0.25, -0.2) is 9.59 Å². The van der Waals surface area contributed by atoms with Gasteiger partial charge in [-0.15, -0.1) is 0 Å². The molecule has 2 atom stereocenters. The van der Waals surface area contributed by atoms with E-state index in [4.69, 9.17) is 0 Å². The Morgan fingerprint density at radius 2 is 1.46 bits per heavy atom. The van der Waals surface area contributed by atoms with Crippen molar-refractivity contribution in [2.45, 2.75) is 66.2 Å². The number of rotatable bonds is 10. The van der Waals surface area contributed by atoms with Crippen LogP contribution in [0, 0.1) is 11.8 Å². The Kier molecular flexibility index (Phi) is 7.96. The Labute approximate surface area is 144 Å². The van der Waals surface area contributed by atoms with E-state index in [2.05, 4.69) is 27.7 Å². The van der Waals surface area contributed by atoms with E-state index in [1.165, 1.54) is 6.07 Å². The van der Waals surface area contributed by atoms with Gasteiger partial charge in [0.1, 0.15) is 0 Å². The van der Waals surface area contributed by atoms with E-state index in [-0.39, 0.29) is 11.1 Å². The Bertz CT molecular complexity index is 577. The van der Waals surface area contributed by atoms with Gasteiger partial charge in [0.2, 0.25) is 0 Å². The summed E-state index contributed by atoms with van der Waals surface area (Å²) in [7, 11) is 0.